The van der Waals surface area contributed by atoms with E-state index in [-0.39, 0.29) is 23.7 Å². The van der Waals surface area contributed by atoms with E-state index in [4.69, 9.17) is 5.14 Å². The third-order valence-electron chi connectivity index (χ3n) is 4.65. The molecule has 0 atom stereocenters. The molecule has 0 aromatic heterocycles. The number of benzene rings is 3. The van der Waals surface area contributed by atoms with Gasteiger partial charge in [0.25, 0.3) is 0 Å². The molecular formula is C22H24N2O5S2. The van der Waals surface area contributed by atoms with Crippen LogP contribution in [-0.2, 0) is 33.3 Å². The minimum atomic E-state index is -4.09. The van der Waals surface area contributed by atoms with E-state index in [1.807, 2.05) is 37.3 Å². The van der Waals surface area contributed by atoms with Crippen LogP contribution < -0.4 is 9.32 Å². The van der Waals surface area contributed by atoms with Gasteiger partial charge in [0.1, 0.15) is 5.75 Å². The predicted octanol–water partition coefficient (Wildman–Crippen LogP) is 3.01. The summed E-state index contributed by atoms with van der Waals surface area (Å²) < 4.78 is 54.7. The second-order valence-electron chi connectivity index (χ2n) is 7.11. The fourth-order valence-electron chi connectivity index (χ4n) is 3.03. The lowest BCUT2D eigenvalue weighted by Crippen LogP contribution is -2.32. The third kappa shape index (κ3) is 6.63. The number of nitrogens with two attached hydrogens (primary N) is 1. The summed E-state index contributed by atoms with van der Waals surface area (Å²) >= 11 is 0. The van der Waals surface area contributed by atoms with E-state index in [1.165, 1.54) is 16.4 Å². The van der Waals surface area contributed by atoms with Gasteiger partial charge in [0.05, 0.1) is 4.90 Å². The fourth-order valence-corrected chi connectivity index (χ4v) is 4.84. The van der Waals surface area contributed by atoms with Gasteiger partial charge in [0.2, 0.25) is 10.0 Å². The van der Waals surface area contributed by atoms with Gasteiger partial charge in [-0.05, 0) is 48.7 Å². The molecular weight excluding hydrogens is 436 g/mol. The largest absolute Gasteiger partial charge is 0.380 e. The van der Waals surface area contributed by atoms with E-state index < -0.39 is 20.3 Å². The van der Waals surface area contributed by atoms with Gasteiger partial charge in [0.15, 0.2) is 0 Å². The van der Waals surface area contributed by atoms with Crippen LogP contribution in [0, 0.1) is 6.92 Å². The van der Waals surface area contributed by atoms with Crippen molar-refractivity contribution >= 4 is 20.3 Å². The Morgan fingerprint density at radius 1 is 0.806 bits per heavy atom. The molecule has 3 aromatic carbocycles. The zero-order valence-corrected chi connectivity index (χ0v) is 18.6. The zero-order chi connectivity index (χ0) is 22.5. The molecule has 0 aliphatic carbocycles. The Morgan fingerprint density at radius 3 is 2.00 bits per heavy atom. The van der Waals surface area contributed by atoms with Crippen molar-refractivity contribution in [3.05, 3.63) is 95.6 Å². The summed E-state index contributed by atoms with van der Waals surface area (Å²) in [5, 5.41) is 4.87. The normalized spacial score (nSPS) is 12.1. The summed E-state index contributed by atoms with van der Waals surface area (Å²) in [6.45, 7) is 2.39. The highest BCUT2D eigenvalue weighted by molar-refractivity contribution is 7.89. The van der Waals surface area contributed by atoms with E-state index in [0.717, 1.165) is 16.7 Å². The van der Waals surface area contributed by atoms with Gasteiger partial charge in [-0.3, -0.25) is 0 Å². The summed E-state index contributed by atoms with van der Waals surface area (Å²) in [4.78, 5) is 0.242. The minimum absolute atomic E-state index is 0.0969. The standard InChI is InChI=1S/C22H24N2O5S2/c1-18-7-13-22(14-8-18)30(25,26)24(17-20-5-3-2-4-6-20)16-15-19-9-11-21(12-10-19)29-31(23,27)28/h2-14H,15-17H2,1H3,(H2,23,27,28). The zero-order valence-electron chi connectivity index (χ0n) is 17.0. The predicted molar refractivity (Wildman–Crippen MR) is 119 cm³/mol. The molecule has 0 unspecified atom stereocenters. The summed E-state index contributed by atoms with van der Waals surface area (Å²) in [7, 11) is -7.80. The highest BCUT2D eigenvalue weighted by Crippen LogP contribution is 2.21. The van der Waals surface area contributed by atoms with Gasteiger partial charge >= 0.3 is 10.3 Å². The molecule has 164 valence electrons. The lowest BCUT2D eigenvalue weighted by Gasteiger charge is -2.22. The first-order chi connectivity index (χ1) is 14.6. The maximum Gasteiger partial charge on any atom is 0.380 e. The van der Waals surface area contributed by atoms with Gasteiger partial charge in [-0.15, -0.1) is 0 Å². The maximum absolute atomic E-state index is 13.3. The summed E-state index contributed by atoms with van der Waals surface area (Å²) in [6, 6.07) is 22.5. The third-order valence-corrected chi connectivity index (χ3v) is 6.93. The Hall–Kier alpha value is -2.72. The molecule has 3 rings (SSSR count). The number of sulfonamides is 1. The monoisotopic (exact) mass is 460 g/mol. The number of rotatable bonds is 9. The first kappa shape index (κ1) is 23.0. The molecule has 0 bridgehead atoms. The van der Waals surface area contributed by atoms with Crippen molar-refractivity contribution in [1.82, 2.24) is 4.31 Å². The van der Waals surface area contributed by atoms with E-state index in [0.29, 0.717) is 6.42 Å². The molecule has 0 amide bonds. The van der Waals surface area contributed by atoms with Gasteiger partial charge in [-0.25, -0.2) is 8.42 Å². The van der Waals surface area contributed by atoms with Gasteiger partial charge in [-0.1, -0.05) is 60.2 Å². The highest BCUT2D eigenvalue weighted by atomic mass is 32.2. The highest BCUT2D eigenvalue weighted by Gasteiger charge is 2.24. The van der Waals surface area contributed by atoms with Crippen molar-refractivity contribution in [2.75, 3.05) is 6.54 Å². The molecule has 3 aromatic rings. The van der Waals surface area contributed by atoms with Crippen LogP contribution in [0.1, 0.15) is 16.7 Å². The molecule has 0 radical (unpaired) electrons. The van der Waals surface area contributed by atoms with Crippen LogP contribution in [0.2, 0.25) is 0 Å². The van der Waals surface area contributed by atoms with Crippen LogP contribution in [0.15, 0.2) is 83.8 Å². The van der Waals surface area contributed by atoms with E-state index in [2.05, 4.69) is 4.18 Å². The maximum atomic E-state index is 13.3. The number of aryl methyl sites for hydroxylation is 1. The Balaban J connectivity index is 1.80. The minimum Gasteiger partial charge on any atom is -0.371 e. The molecule has 0 saturated heterocycles. The molecule has 0 aliphatic rings. The van der Waals surface area contributed by atoms with Crippen LogP contribution in [-0.4, -0.2) is 27.7 Å². The lowest BCUT2D eigenvalue weighted by molar-refractivity contribution is 0.409. The van der Waals surface area contributed by atoms with Crippen molar-refractivity contribution < 1.29 is 21.0 Å². The average molecular weight is 461 g/mol. The second-order valence-corrected chi connectivity index (χ2v) is 10.2. The Morgan fingerprint density at radius 2 is 1.42 bits per heavy atom. The van der Waals surface area contributed by atoms with Crippen LogP contribution in [0.5, 0.6) is 5.75 Å². The quantitative estimate of drug-likeness (QED) is 0.528. The van der Waals surface area contributed by atoms with Crippen LogP contribution >= 0.6 is 0 Å². The SMILES string of the molecule is Cc1ccc(S(=O)(=O)N(CCc2ccc(OS(N)(=O)=O)cc2)Cc2ccccc2)cc1. The Kier molecular flexibility index (Phi) is 7.11. The Labute approximate surface area is 183 Å². The molecule has 31 heavy (non-hydrogen) atoms. The first-order valence-corrected chi connectivity index (χ1v) is 12.5. The van der Waals surface area contributed by atoms with Crippen LogP contribution in [0.25, 0.3) is 0 Å². The second kappa shape index (κ2) is 9.61. The van der Waals surface area contributed by atoms with E-state index in [1.54, 1.807) is 36.4 Å². The van der Waals surface area contributed by atoms with Gasteiger partial charge < -0.3 is 4.18 Å². The van der Waals surface area contributed by atoms with Crippen molar-refractivity contribution in [2.24, 2.45) is 5.14 Å². The topological polar surface area (TPSA) is 107 Å². The molecule has 0 saturated carbocycles. The van der Waals surface area contributed by atoms with Crippen molar-refractivity contribution in [1.29, 1.82) is 0 Å². The van der Waals surface area contributed by atoms with Crippen molar-refractivity contribution in [2.45, 2.75) is 24.8 Å². The van der Waals surface area contributed by atoms with Crippen LogP contribution in [0.3, 0.4) is 0 Å². The summed E-state index contributed by atoms with van der Waals surface area (Å²) in [6.07, 6.45) is 0.438. The molecule has 0 heterocycles. The molecule has 0 fully saturated rings. The fraction of sp³-hybridized carbons (Fsp3) is 0.182. The molecule has 9 heteroatoms. The lowest BCUT2D eigenvalue weighted by atomic mass is 10.1. The molecule has 2 N–H and O–H groups in total. The van der Waals surface area contributed by atoms with Crippen LogP contribution in [0.4, 0.5) is 0 Å². The smallest absolute Gasteiger partial charge is 0.371 e. The Bertz CT molecular complexity index is 1210. The van der Waals surface area contributed by atoms with E-state index in [9.17, 15) is 16.8 Å². The number of hydrogen-bond acceptors (Lipinski definition) is 5. The van der Waals surface area contributed by atoms with Crippen molar-refractivity contribution in [3.8, 4) is 5.75 Å². The van der Waals surface area contributed by atoms with Crippen molar-refractivity contribution in [3.63, 3.8) is 0 Å². The first-order valence-electron chi connectivity index (χ1n) is 9.55. The molecule has 0 aliphatic heterocycles. The van der Waals surface area contributed by atoms with Gasteiger partial charge in [0, 0.05) is 13.1 Å². The summed E-state index contributed by atoms with van der Waals surface area (Å²) in [5.41, 5.74) is 2.70. The van der Waals surface area contributed by atoms with E-state index >= 15 is 0 Å². The average Bonchev–Trinajstić information content (AvgIpc) is 2.72. The number of hydrogen-bond donors (Lipinski definition) is 1. The molecule has 0 spiro atoms. The summed E-state index contributed by atoms with van der Waals surface area (Å²) in [5.74, 6) is 0.0969. The number of nitrogens with zero attached hydrogens (tertiary/aromatic N) is 1. The molecule has 7 nitrogen and oxygen atoms in total. The van der Waals surface area contributed by atoms with Gasteiger partial charge in [-0.2, -0.15) is 17.9 Å².